The molecule has 11 heteroatoms. The first-order valence-corrected chi connectivity index (χ1v) is 8.60. The number of carbonyl (C=O) groups excluding carboxylic acids is 2. The van der Waals surface area contributed by atoms with Crippen molar-refractivity contribution < 1.29 is 14.0 Å². The largest absolute Gasteiger partial charge is 0.454 e. The number of aromatic nitrogens is 5. The Bertz CT molecular complexity index is 989. The lowest BCUT2D eigenvalue weighted by Gasteiger charge is -2.20. The maximum atomic E-state index is 12.1. The van der Waals surface area contributed by atoms with Gasteiger partial charge in [0.25, 0.3) is 5.91 Å². The highest BCUT2D eigenvalue weighted by Crippen LogP contribution is 2.40. The summed E-state index contributed by atoms with van der Waals surface area (Å²) in [5.41, 5.74) is 0.930. The second-order valence-corrected chi connectivity index (χ2v) is 6.70. The van der Waals surface area contributed by atoms with Crippen molar-refractivity contribution in [1.29, 1.82) is 0 Å². The number of hydrogen-bond donors (Lipinski definition) is 3. The van der Waals surface area contributed by atoms with Crippen LogP contribution in [-0.4, -0.2) is 43.8 Å². The number of carbonyl (C=O) groups is 2. The van der Waals surface area contributed by atoms with Gasteiger partial charge in [-0.15, -0.1) is 10.2 Å². The van der Waals surface area contributed by atoms with Crippen LogP contribution in [0.15, 0.2) is 33.1 Å². The number of aromatic amines is 1. The first kappa shape index (κ1) is 16.4. The van der Waals surface area contributed by atoms with Crippen molar-refractivity contribution in [3.8, 4) is 0 Å². The lowest BCUT2D eigenvalue weighted by atomic mass is 9.89. The Balaban J connectivity index is 1.69. The minimum Gasteiger partial charge on any atom is -0.454 e. The van der Waals surface area contributed by atoms with Crippen LogP contribution in [0.4, 0.5) is 5.82 Å². The topological polar surface area (TPSA) is 131 Å². The predicted molar refractivity (Wildman–Crippen MR) is 90.9 cm³/mol. The summed E-state index contributed by atoms with van der Waals surface area (Å²) in [6.45, 7) is 0. The Labute approximate surface area is 151 Å². The molecule has 3 N–H and O–H groups in total. The van der Waals surface area contributed by atoms with Crippen LogP contribution in [0.3, 0.4) is 0 Å². The second kappa shape index (κ2) is 6.33. The van der Waals surface area contributed by atoms with Crippen LogP contribution in [0.25, 0.3) is 0 Å². The predicted octanol–water partition coefficient (Wildman–Crippen LogP) is 1.12. The number of anilines is 1. The van der Waals surface area contributed by atoms with Gasteiger partial charge in [-0.05, 0) is 23.9 Å². The van der Waals surface area contributed by atoms with Gasteiger partial charge in [-0.2, -0.15) is 5.10 Å². The molecule has 0 aliphatic carbocycles. The van der Waals surface area contributed by atoms with Gasteiger partial charge in [-0.25, -0.2) is 0 Å². The van der Waals surface area contributed by atoms with E-state index >= 15 is 0 Å². The molecule has 0 unspecified atom stereocenters. The maximum absolute atomic E-state index is 12.1. The third-order valence-corrected chi connectivity index (χ3v) is 5.03. The van der Waals surface area contributed by atoms with E-state index < -0.39 is 5.92 Å². The number of rotatable bonds is 4. The molecule has 26 heavy (non-hydrogen) atoms. The van der Waals surface area contributed by atoms with E-state index in [9.17, 15) is 9.59 Å². The Morgan fingerprint density at radius 1 is 1.46 bits per heavy atom. The molecule has 0 saturated heterocycles. The summed E-state index contributed by atoms with van der Waals surface area (Å²) < 4.78 is 7.70. The average Bonchev–Trinajstić information content (AvgIpc) is 3.34. The van der Waals surface area contributed by atoms with Gasteiger partial charge in [0.05, 0.1) is 5.92 Å². The molecule has 2 amide bonds. The normalized spacial score (nSPS) is 16.2. The fourth-order valence-electron chi connectivity index (χ4n) is 2.83. The van der Waals surface area contributed by atoms with Crippen LogP contribution < -0.4 is 10.6 Å². The first-order chi connectivity index (χ1) is 12.6. The Morgan fingerprint density at radius 2 is 2.31 bits per heavy atom. The van der Waals surface area contributed by atoms with E-state index in [1.54, 1.807) is 23.0 Å². The van der Waals surface area contributed by atoms with Gasteiger partial charge in [0, 0.05) is 26.1 Å². The summed E-state index contributed by atoms with van der Waals surface area (Å²) in [5, 5.41) is 21.1. The van der Waals surface area contributed by atoms with Crippen LogP contribution in [0.5, 0.6) is 0 Å². The highest BCUT2D eigenvalue weighted by Gasteiger charge is 2.35. The molecular weight excluding hydrogens is 358 g/mol. The summed E-state index contributed by atoms with van der Waals surface area (Å²) in [5.74, 6) is 0.0382. The molecule has 0 saturated carbocycles. The number of nitrogens with one attached hydrogen (secondary N) is 3. The summed E-state index contributed by atoms with van der Waals surface area (Å²) in [7, 11) is 3.37. The van der Waals surface area contributed by atoms with Gasteiger partial charge in [-0.3, -0.25) is 14.7 Å². The Morgan fingerprint density at radius 3 is 3.04 bits per heavy atom. The molecule has 0 aromatic carbocycles. The van der Waals surface area contributed by atoms with Crippen LogP contribution in [0.1, 0.15) is 34.2 Å². The van der Waals surface area contributed by atoms with Gasteiger partial charge in [0.1, 0.15) is 17.8 Å². The zero-order chi connectivity index (χ0) is 18.3. The highest BCUT2D eigenvalue weighted by atomic mass is 32.2. The van der Waals surface area contributed by atoms with Gasteiger partial charge in [-0.1, -0.05) is 0 Å². The third kappa shape index (κ3) is 2.75. The third-order valence-electron chi connectivity index (χ3n) is 4.06. The monoisotopic (exact) mass is 373 g/mol. The molecule has 4 heterocycles. The molecule has 3 aromatic heterocycles. The van der Waals surface area contributed by atoms with Crippen LogP contribution >= 0.6 is 11.8 Å². The van der Waals surface area contributed by atoms with E-state index in [1.165, 1.54) is 18.8 Å². The molecule has 4 rings (SSSR count). The van der Waals surface area contributed by atoms with Crippen LogP contribution in [0.2, 0.25) is 0 Å². The SMILES string of the molecule is CNC(=O)c1[nH]nc2c1[C@H](c1ccc(Sc3nncn3C)o1)CC(=O)N2. The van der Waals surface area contributed by atoms with Crippen molar-refractivity contribution in [3.05, 3.63) is 35.5 Å². The Kier molecular flexibility index (Phi) is 3.99. The van der Waals surface area contributed by atoms with Gasteiger partial charge in [0.2, 0.25) is 5.91 Å². The summed E-state index contributed by atoms with van der Waals surface area (Å²) in [6, 6.07) is 3.60. The minimum absolute atomic E-state index is 0.165. The number of nitrogens with zero attached hydrogens (tertiary/aromatic N) is 4. The molecular formula is C15H15N7O3S. The quantitative estimate of drug-likeness (QED) is 0.624. The smallest absolute Gasteiger partial charge is 0.269 e. The molecule has 0 bridgehead atoms. The fraction of sp³-hybridized carbons (Fsp3) is 0.267. The zero-order valence-corrected chi connectivity index (χ0v) is 14.8. The van der Waals surface area contributed by atoms with Gasteiger partial charge < -0.3 is 19.6 Å². The van der Waals surface area contributed by atoms with E-state index in [4.69, 9.17) is 4.42 Å². The fourth-order valence-corrected chi connectivity index (χ4v) is 3.56. The summed E-state index contributed by atoms with van der Waals surface area (Å²) in [4.78, 5) is 24.1. The lowest BCUT2D eigenvalue weighted by molar-refractivity contribution is -0.116. The lowest BCUT2D eigenvalue weighted by Crippen LogP contribution is -2.26. The van der Waals surface area contributed by atoms with E-state index in [-0.39, 0.29) is 18.2 Å². The van der Waals surface area contributed by atoms with Crippen molar-refractivity contribution in [2.45, 2.75) is 22.6 Å². The van der Waals surface area contributed by atoms with Crippen molar-refractivity contribution >= 4 is 29.4 Å². The number of fused-ring (bicyclic) bond motifs is 1. The number of amides is 2. The van der Waals surface area contributed by atoms with E-state index in [1.807, 2.05) is 7.05 Å². The molecule has 0 fully saturated rings. The van der Waals surface area contributed by atoms with E-state index in [2.05, 4.69) is 31.0 Å². The number of hydrogen-bond acceptors (Lipinski definition) is 7. The van der Waals surface area contributed by atoms with Crippen molar-refractivity contribution in [1.82, 2.24) is 30.3 Å². The van der Waals surface area contributed by atoms with Crippen molar-refractivity contribution in [2.24, 2.45) is 7.05 Å². The van der Waals surface area contributed by atoms with Gasteiger partial charge >= 0.3 is 0 Å². The molecule has 1 aliphatic rings. The first-order valence-electron chi connectivity index (χ1n) is 7.78. The molecule has 1 aliphatic heterocycles. The average molecular weight is 373 g/mol. The van der Waals surface area contributed by atoms with E-state index in [0.717, 1.165) is 0 Å². The van der Waals surface area contributed by atoms with E-state index in [0.29, 0.717) is 33.1 Å². The van der Waals surface area contributed by atoms with Crippen LogP contribution in [-0.2, 0) is 11.8 Å². The van der Waals surface area contributed by atoms with Crippen LogP contribution in [0, 0.1) is 0 Å². The summed E-state index contributed by atoms with van der Waals surface area (Å²) in [6.07, 6.45) is 1.77. The standard InChI is InChI=1S/C15H15N7O3S/c1-16-14(24)12-11-7(5-9(23)18-13(11)20-19-12)8-3-4-10(25-8)26-15-21-17-6-22(15)2/h3-4,6-7H,5H2,1-2H3,(H,16,24)(H2,18,19,20,23)/t7-/m0/s1. The highest BCUT2D eigenvalue weighted by molar-refractivity contribution is 7.99. The molecule has 1 atom stereocenters. The maximum Gasteiger partial charge on any atom is 0.269 e. The molecule has 3 aromatic rings. The number of aryl methyl sites for hydroxylation is 1. The Hall–Kier alpha value is -3.08. The molecule has 0 radical (unpaired) electrons. The summed E-state index contributed by atoms with van der Waals surface area (Å²) >= 11 is 1.32. The van der Waals surface area contributed by atoms with Crippen molar-refractivity contribution in [2.75, 3.05) is 12.4 Å². The number of H-pyrrole nitrogens is 1. The van der Waals surface area contributed by atoms with Crippen molar-refractivity contribution in [3.63, 3.8) is 0 Å². The molecule has 134 valence electrons. The minimum atomic E-state index is -0.404. The van der Waals surface area contributed by atoms with Gasteiger partial charge in [0.15, 0.2) is 16.1 Å². The number of furan rings is 1. The molecule has 10 nitrogen and oxygen atoms in total. The zero-order valence-electron chi connectivity index (χ0n) is 13.9. The molecule has 0 spiro atoms. The second-order valence-electron chi connectivity index (χ2n) is 5.73.